The number of hydrogen-bond acceptors (Lipinski definition) is 7. The van der Waals surface area contributed by atoms with Gasteiger partial charge in [0.1, 0.15) is 5.52 Å². The zero-order valence-corrected chi connectivity index (χ0v) is 15.6. The standard InChI is InChI=1S/C19H13N3O3S2/c23-18-14-6-1-2-7-16(14)20-21-22(18)12-25-19(24)15(17-8-4-10-27-17)11-13-5-3-9-26-13/h1-11H,12H2. The van der Waals surface area contributed by atoms with Gasteiger partial charge < -0.3 is 4.74 Å². The topological polar surface area (TPSA) is 74.1 Å². The van der Waals surface area contributed by atoms with Gasteiger partial charge in [-0.05, 0) is 41.1 Å². The minimum absolute atomic E-state index is 0.303. The summed E-state index contributed by atoms with van der Waals surface area (Å²) in [6.45, 7) is -0.303. The van der Waals surface area contributed by atoms with Gasteiger partial charge in [-0.15, -0.1) is 27.8 Å². The molecule has 0 bridgehead atoms. The fourth-order valence-electron chi connectivity index (χ4n) is 2.48. The Morgan fingerprint density at radius 1 is 1.07 bits per heavy atom. The molecule has 3 heterocycles. The van der Waals surface area contributed by atoms with E-state index in [0.29, 0.717) is 16.5 Å². The van der Waals surface area contributed by atoms with Crippen molar-refractivity contribution in [3.63, 3.8) is 0 Å². The van der Waals surface area contributed by atoms with Gasteiger partial charge in [-0.1, -0.05) is 29.5 Å². The van der Waals surface area contributed by atoms with E-state index in [1.165, 1.54) is 22.7 Å². The first-order valence-corrected chi connectivity index (χ1v) is 9.77. The molecule has 134 valence electrons. The zero-order chi connectivity index (χ0) is 18.6. The predicted octanol–water partition coefficient (Wildman–Crippen LogP) is 3.66. The summed E-state index contributed by atoms with van der Waals surface area (Å²) in [6, 6.07) is 14.5. The monoisotopic (exact) mass is 395 g/mol. The molecule has 6 nitrogen and oxygen atoms in total. The summed E-state index contributed by atoms with van der Waals surface area (Å²) in [5.74, 6) is -0.521. The SMILES string of the molecule is O=C(OCn1nnc2ccccc2c1=O)C(=Cc1cccs1)c1cccs1. The molecule has 0 aliphatic carbocycles. The smallest absolute Gasteiger partial charge is 0.341 e. The molecular weight excluding hydrogens is 382 g/mol. The molecule has 27 heavy (non-hydrogen) atoms. The molecule has 0 saturated carbocycles. The summed E-state index contributed by atoms with van der Waals surface area (Å²) in [6.07, 6.45) is 1.79. The largest absolute Gasteiger partial charge is 0.438 e. The lowest BCUT2D eigenvalue weighted by atomic mass is 10.2. The Morgan fingerprint density at radius 3 is 2.67 bits per heavy atom. The maximum absolute atomic E-state index is 12.7. The molecule has 4 rings (SSSR count). The van der Waals surface area contributed by atoms with E-state index in [0.717, 1.165) is 14.4 Å². The lowest BCUT2D eigenvalue weighted by molar-refractivity contribution is -0.140. The first kappa shape index (κ1) is 17.3. The third-order valence-electron chi connectivity index (χ3n) is 3.78. The normalized spacial score (nSPS) is 11.6. The minimum Gasteiger partial charge on any atom is -0.438 e. The Hall–Kier alpha value is -3.10. The van der Waals surface area contributed by atoms with Gasteiger partial charge in [0.25, 0.3) is 5.56 Å². The van der Waals surface area contributed by atoms with E-state index in [4.69, 9.17) is 4.74 Å². The van der Waals surface area contributed by atoms with E-state index in [2.05, 4.69) is 10.3 Å². The number of fused-ring (bicyclic) bond motifs is 1. The van der Waals surface area contributed by atoms with Crippen molar-refractivity contribution in [2.75, 3.05) is 0 Å². The van der Waals surface area contributed by atoms with Crippen LogP contribution in [-0.4, -0.2) is 21.0 Å². The molecule has 0 amide bonds. The van der Waals surface area contributed by atoms with Gasteiger partial charge in [-0.3, -0.25) is 4.79 Å². The number of rotatable bonds is 5. The van der Waals surface area contributed by atoms with Crippen molar-refractivity contribution in [3.05, 3.63) is 79.4 Å². The van der Waals surface area contributed by atoms with Gasteiger partial charge in [0, 0.05) is 9.75 Å². The molecule has 0 N–H and O–H groups in total. The maximum atomic E-state index is 12.7. The lowest BCUT2D eigenvalue weighted by Gasteiger charge is -2.08. The number of aromatic nitrogens is 3. The number of nitrogens with zero attached hydrogens (tertiary/aromatic N) is 3. The number of hydrogen-bond donors (Lipinski definition) is 0. The Morgan fingerprint density at radius 2 is 1.89 bits per heavy atom. The van der Waals surface area contributed by atoms with Crippen LogP contribution in [0.5, 0.6) is 0 Å². The summed E-state index contributed by atoms with van der Waals surface area (Å²) in [5.41, 5.74) is 0.587. The van der Waals surface area contributed by atoms with E-state index in [9.17, 15) is 9.59 Å². The van der Waals surface area contributed by atoms with Gasteiger partial charge in [-0.25, -0.2) is 4.79 Å². The second-order valence-corrected chi connectivity index (χ2v) is 7.45. The highest BCUT2D eigenvalue weighted by atomic mass is 32.1. The van der Waals surface area contributed by atoms with E-state index < -0.39 is 5.97 Å². The van der Waals surface area contributed by atoms with Crippen molar-refractivity contribution in [2.45, 2.75) is 6.73 Å². The molecule has 3 aromatic heterocycles. The molecule has 0 atom stereocenters. The summed E-state index contributed by atoms with van der Waals surface area (Å²) >= 11 is 2.97. The van der Waals surface area contributed by atoms with Crippen molar-refractivity contribution in [1.82, 2.24) is 15.0 Å². The molecule has 0 radical (unpaired) electrons. The van der Waals surface area contributed by atoms with E-state index >= 15 is 0 Å². The zero-order valence-electron chi connectivity index (χ0n) is 13.9. The molecule has 0 aliphatic heterocycles. The van der Waals surface area contributed by atoms with Gasteiger partial charge in [0.05, 0.1) is 11.0 Å². The molecule has 0 spiro atoms. The second-order valence-electron chi connectivity index (χ2n) is 5.52. The molecular formula is C19H13N3O3S2. The number of carbonyl (C=O) groups excluding carboxylic acids is 1. The Kier molecular flexibility index (Phi) is 4.91. The highest BCUT2D eigenvalue weighted by molar-refractivity contribution is 7.12. The lowest BCUT2D eigenvalue weighted by Crippen LogP contribution is -2.26. The fraction of sp³-hybridized carbons (Fsp3) is 0.0526. The van der Waals surface area contributed by atoms with Gasteiger partial charge in [0.15, 0.2) is 6.73 Å². The number of carbonyl (C=O) groups is 1. The van der Waals surface area contributed by atoms with Crippen LogP contribution in [-0.2, 0) is 16.3 Å². The Balaban J connectivity index is 1.59. The van der Waals surface area contributed by atoms with Gasteiger partial charge in [0.2, 0.25) is 0 Å². The number of benzene rings is 1. The number of ether oxygens (including phenoxy) is 1. The van der Waals surface area contributed by atoms with Crippen LogP contribution in [0, 0.1) is 0 Å². The Labute approximate surface area is 162 Å². The fourth-order valence-corrected chi connectivity index (χ4v) is 3.87. The molecule has 0 unspecified atom stereocenters. The van der Waals surface area contributed by atoms with Crippen LogP contribution < -0.4 is 5.56 Å². The minimum atomic E-state index is -0.521. The molecule has 0 saturated heterocycles. The van der Waals surface area contributed by atoms with Crippen molar-refractivity contribution in [3.8, 4) is 0 Å². The van der Waals surface area contributed by atoms with Crippen LogP contribution in [0.3, 0.4) is 0 Å². The van der Waals surface area contributed by atoms with Crippen molar-refractivity contribution >= 4 is 51.2 Å². The number of esters is 1. The van der Waals surface area contributed by atoms with Crippen molar-refractivity contribution in [2.24, 2.45) is 0 Å². The molecule has 1 aromatic carbocycles. The third kappa shape index (κ3) is 3.71. The van der Waals surface area contributed by atoms with Crippen LogP contribution in [0.1, 0.15) is 9.75 Å². The summed E-state index contributed by atoms with van der Waals surface area (Å²) in [7, 11) is 0. The van der Waals surface area contributed by atoms with Crippen LogP contribution in [0.25, 0.3) is 22.6 Å². The highest BCUT2D eigenvalue weighted by Crippen LogP contribution is 2.25. The average molecular weight is 395 g/mol. The first-order valence-electron chi connectivity index (χ1n) is 8.01. The van der Waals surface area contributed by atoms with E-state index in [1.54, 1.807) is 30.3 Å². The van der Waals surface area contributed by atoms with Gasteiger partial charge in [-0.2, -0.15) is 4.68 Å². The third-order valence-corrected chi connectivity index (χ3v) is 5.51. The summed E-state index contributed by atoms with van der Waals surface area (Å²) in [5, 5.41) is 12.1. The highest BCUT2D eigenvalue weighted by Gasteiger charge is 2.16. The van der Waals surface area contributed by atoms with Gasteiger partial charge >= 0.3 is 5.97 Å². The quantitative estimate of drug-likeness (QED) is 0.381. The Bertz CT molecular complexity index is 1160. The second kappa shape index (κ2) is 7.65. The predicted molar refractivity (Wildman–Crippen MR) is 106 cm³/mol. The van der Waals surface area contributed by atoms with E-state index in [1.807, 2.05) is 35.0 Å². The van der Waals surface area contributed by atoms with E-state index in [-0.39, 0.29) is 12.3 Å². The molecule has 4 aromatic rings. The molecule has 8 heteroatoms. The van der Waals surface area contributed by atoms with Crippen LogP contribution in [0.4, 0.5) is 0 Å². The molecule has 0 fully saturated rings. The molecule has 0 aliphatic rings. The maximum Gasteiger partial charge on any atom is 0.341 e. The summed E-state index contributed by atoms with van der Waals surface area (Å²) in [4.78, 5) is 26.9. The average Bonchev–Trinajstić information content (AvgIpc) is 3.39. The summed E-state index contributed by atoms with van der Waals surface area (Å²) < 4.78 is 6.40. The van der Waals surface area contributed by atoms with Crippen molar-refractivity contribution < 1.29 is 9.53 Å². The van der Waals surface area contributed by atoms with Crippen molar-refractivity contribution in [1.29, 1.82) is 0 Å². The van der Waals surface area contributed by atoms with Crippen LogP contribution >= 0.6 is 22.7 Å². The number of thiophene rings is 2. The first-order chi connectivity index (χ1) is 13.2. The van der Waals surface area contributed by atoms with Crippen LogP contribution in [0.2, 0.25) is 0 Å². The van der Waals surface area contributed by atoms with Crippen LogP contribution in [0.15, 0.2) is 64.1 Å².